The van der Waals surface area contributed by atoms with Crippen LogP contribution >= 0.6 is 0 Å². The number of hydrogen-bond donors (Lipinski definition) is 1. The average Bonchev–Trinajstić information content (AvgIpc) is 2.55. The van der Waals surface area contributed by atoms with E-state index in [1.165, 1.54) is 13.0 Å². The molecular weight excluding hydrogens is 326 g/mol. The largest absolute Gasteiger partial charge is 0.354 e. The van der Waals surface area contributed by atoms with Crippen LogP contribution in [0.15, 0.2) is 42.5 Å². The van der Waals surface area contributed by atoms with Gasteiger partial charge in [-0.05, 0) is 30.2 Å². The van der Waals surface area contributed by atoms with Gasteiger partial charge in [0.25, 0.3) is 0 Å². The summed E-state index contributed by atoms with van der Waals surface area (Å²) >= 11 is 0. The predicted molar refractivity (Wildman–Crippen MR) is 92.3 cm³/mol. The van der Waals surface area contributed by atoms with Gasteiger partial charge in [-0.15, -0.1) is 0 Å². The van der Waals surface area contributed by atoms with E-state index >= 15 is 0 Å². The Morgan fingerprint density at radius 2 is 1.68 bits per heavy atom. The zero-order valence-corrected chi connectivity index (χ0v) is 14.2. The van der Waals surface area contributed by atoms with Gasteiger partial charge in [0.15, 0.2) is 0 Å². The molecule has 0 saturated heterocycles. The number of para-hydroxylation sites is 1. The molecule has 0 unspecified atom stereocenters. The minimum absolute atomic E-state index is 0.0211. The molecule has 2 aromatic rings. The molecule has 4 nitrogen and oxygen atoms in total. The van der Waals surface area contributed by atoms with Crippen molar-refractivity contribution in [2.75, 3.05) is 18.0 Å². The van der Waals surface area contributed by atoms with Gasteiger partial charge >= 0.3 is 0 Å². The van der Waals surface area contributed by atoms with Gasteiger partial charge in [-0.1, -0.05) is 30.3 Å². The number of nitrogens with one attached hydrogen (secondary N) is 1. The molecule has 0 fully saturated rings. The highest BCUT2D eigenvalue weighted by atomic mass is 19.1. The third-order valence-electron chi connectivity index (χ3n) is 3.86. The monoisotopic (exact) mass is 346 g/mol. The fourth-order valence-electron chi connectivity index (χ4n) is 2.52. The van der Waals surface area contributed by atoms with Gasteiger partial charge in [0.1, 0.15) is 17.3 Å². The lowest BCUT2D eigenvalue weighted by Crippen LogP contribution is -2.39. The third-order valence-corrected chi connectivity index (χ3v) is 3.86. The van der Waals surface area contributed by atoms with Crippen molar-refractivity contribution in [2.24, 2.45) is 0 Å². The summed E-state index contributed by atoms with van der Waals surface area (Å²) in [5.41, 5.74) is 1.52. The fraction of sp³-hybridized carbons (Fsp3) is 0.263. The number of anilines is 1. The minimum Gasteiger partial charge on any atom is -0.354 e. The van der Waals surface area contributed by atoms with Crippen LogP contribution in [-0.2, 0) is 16.0 Å². The molecular formula is C19H20F2N2O2. The molecule has 0 spiro atoms. The lowest BCUT2D eigenvalue weighted by molar-refractivity contribution is -0.121. The molecule has 0 atom stereocenters. The van der Waals surface area contributed by atoms with E-state index < -0.39 is 23.2 Å². The zero-order valence-electron chi connectivity index (χ0n) is 14.2. The van der Waals surface area contributed by atoms with Gasteiger partial charge in [-0.25, -0.2) is 8.78 Å². The van der Waals surface area contributed by atoms with Crippen LogP contribution in [0.2, 0.25) is 0 Å². The number of halogens is 2. The Balaban J connectivity index is 1.97. The Bertz CT molecular complexity index is 758. The highest BCUT2D eigenvalue weighted by Gasteiger charge is 2.20. The predicted octanol–water partition coefficient (Wildman–Crippen LogP) is 2.99. The maximum atomic E-state index is 13.9. The molecule has 0 aliphatic heterocycles. The molecule has 1 N–H and O–H groups in total. The van der Waals surface area contributed by atoms with Gasteiger partial charge in [-0.3, -0.25) is 9.59 Å². The van der Waals surface area contributed by atoms with Crippen LogP contribution in [0.4, 0.5) is 14.5 Å². The second kappa shape index (κ2) is 8.37. The lowest BCUT2D eigenvalue weighted by Gasteiger charge is -2.22. The van der Waals surface area contributed by atoms with Crippen LogP contribution in [0.1, 0.15) is 18.1 Å². The Morgan fingerprint density at radius 3 is 2.28 bits per heavy atom. The third kappa shape index (κ3) is 4.86. The number of carbonyl (C=O) groups excluding carboxylic acids is 2. The lowest BCUT2D eigenvalue weighted by atomic mass is 10.1. The molecule has 2 amide bonds. The molecule has 2 rings (SSSR count). The van der Waals surface area contributed by atoms with E-state index in [0.717, 1.165) is 28.2 Å². The molecule has 0 aliphatic carbocycles. The number of nitrogens with zero attached hydrogens (tertiary/aromatic N) is 1. The van der Waals surface area contributed by atoms with E-state index in [4.69, 9.17) is 0 Å². The molecule has 6 heteroatoms. The first-order valence-electron chi connectivity index (χ1n) is 7.93. The summed E-state index contributed by atoms with van der Waals surface area (Å²) in [6.45, 7) is 3.22. The molecule has 0 saturated carbocycles. The van der Waals surface area contributed by atoms with E-state index in [0.29, 0.717) is 0 Å². The molecule has 0 aromatic heterocycles. The summed E-state index contributed by atoms with van der Waals surface area (Å²) < 4.78 is 27.7. The standard InChI is InChI=1S/C19H20F2N2O2/c1-13-6-3-4-7-15(13)12-18(25)22-10-11-23(14(2)24)19-16(20)8-5-9-17(19)21/h3-9H,10-12H2,1-2H3,(H,22,25). The van der Waals surface area contributed by atoms with Crippen molar-refractivity contribution in [1.82, 2.24) is 5.32 Å². The van der Waals surface area contributed by atoms with E-state index in [9.17, 15) is 18.4 Å². The van der Waals surface area contributed by atoms with Gasteiger partial charge in [0.2, 0.25) is 11.8 Å². The Labute approximate surface area is 145 Å². The summed E-state index contributed by atoms with van der Waals surface area (Å²) in [5, 5.41) is 2.67. The molecule has 0 heterocycles. The van der Waals surface area contributed by atoms with Crippen molar-refractivity contribution in [3.63, 3.8) is 0 Å². The highest BCUT2D eigenvalue weighted by Crippen LogP contribution is 2.23. The second-order valence-electron chi connectivity index (χ2n) is 5.69. The number of benzene rings is 2. The number of hydrogen-bond acceptors (Lipinski definition) is 2. The zero-order chi connectivity index (χ0) is 18.4. The van der Waals surface area contributed by atoms with Gasteiger partial charge < -0.3 is 10.2 Å². The highest BCUT2D eigenvalue weighted by molar-refractivity contribution is 5.91. The SMILES string of the molecule is CC(=O)N(CCNC(=O)Cc1ccccc1C)c1c(F)cccc1F. The van der Waals surface area contributed by atoms with Crippen molar-refractivity contribution in [3.8, 4) is 0 Å². The fourth-order valence-corrected chi connectivity index (χ4v) is 2.52. The van der Waals surface area contributed by atoms with Crippen LogP contribution in [0.5, 0.6) is 0 Å². The van der Waals surface area contributed by atoms with Crippen LogP contribution in [-0.4, -0.2) is 24.9 Å². The van der Waals surface area contributed by atoms with E-state index in [2.05, 4.69) is 5.32 Å². The minimum atomic E-state index is -0.818. The van der Waals surface area contributed by atoms with Crippen molar-refractivity contribution in [2.45, 2.75) is 20.3 Å². The van der Waals surface area contributed by atoms with E-state index in [1.807, 2.05) is 31.2 Å². The van der Waals surface area contributed by atoms with E-state index in [-0.39, 0.29) is 25.4 Å². The Kier molecular flexibility index (Phi) is 6.22. The molecule has 0 bridgehead atoms. The van der Waals surface area contributed by atoms with Gasteiger partial charge in [-0.2, -0.15) is 0 Å². The van der Waals surface area contributed by atoms with Crippen molar-refractivity contribution in [1.29, 1.82) is 0 Å². The number of rotatable bonds is 6. The summed E-state index contributed by atoms with van der Waals surface area (Å²) in [7, 11) is 0. The smallest absolute Gasteiger partial charge is 0.224 e. The molecule has 2 aromatic carbocycles. The summed E-state index contributed by atoms with van der Waals surface area (Å²) in [5.74, 6) is -2.35. The summed E-state index contributed by atoms with van der Waals surface area (Å²) in [6, 6.07) is 10.9. The van der Waals surface area contributed by atoms with Crippen molar-refractivity contribution < 1.29 is 18.4 Å². The number of aryl methyl sites for hydroxylation is 1. The first-order chi connectivity index (χ1) is 11.9. The maximum Gasteiger partial charge on any atom is 0.224 e. The van der Waals surface area contributed by atoms with Crippen LogP contribution < -0.4 is 10.2 Å². The quantitative estimate of drug-likeness (QED) is 0.874. The van der Waals surface area contributed by atoms with Gasteiger partial charge in [0.05, 0.1) is 6.42 Å². The Hall–Kier alpha value is -2.76. The molecule has 0 aliphatic rings. The summed E-state index contributed by atoms with van der Waals surface area (Å²) in [6.07, 6.45) is 0.209. The Morgan fingerprint density at radius 1 is 1.04 bits per heavy atom. The van der Waals surface area contributed by atoms with Crippen molar-refractivity contribution in [3.05, 3.63) is 65.2 Å². The topological polar surface area (TPSA) is 49.4 Å². The molecule has 0 radical (unpaired) electrons. The molecule has 25 heavy (non-hydrogen) atoms. The number of carbonyl (C=O) groups is 2. The normalized spacial score (nSPS) is 10.4. The maximum absolute atomic E-state index is 13.9. The average molecular weight is 346 g/mol. The van der Waals surface area contributed by atoms with E-state index in [1.54, 1.807) is 0 Å². The van der Waals surface area contributed by atoms with Gasteiger partial charge in [0, 0.05) is 20.0 Å². The molecule has 132 valence electrons. The number of amides is 2. The summed E-state index contributed by atoms with van der Waals surface area (Å²) in [4.78, 5) is 24.7. The first-order valence-corrected chi connectivity index (χ1v) is 7.93. The van der Waals surface area contributed by atoms with Crippen molar-refractivity contribution >= 4 is 17.5 Å². The first kappa shape index (κ1) is 18.6. The van der Waals surface area contributed by atoms with Crippen LogP contribution in [0, 0.1) is 18.6 Å². The van der Waals surface area contributed by atoms with Crippen LogP contribution in [0.3, 0.4) is 0 Å². The second-order valence-corrected chi connectivity index (χ2v) is 5.69. The van der Waals surface area contributed by atoms with Crippen LogP contribution in [0.25, 0.3) is 0 Å².